The fourth-order valence-electron chi connectivity index (χ4n) is 1.78. The Morgan fingerprint density at radius 3 is 2.07 bits per heavy atom. The lowest BCUT2D eigenvalue weighted by molar-refractivity contribution is 0.315. The van der Waals surface area contributed by atoms with Gasteiger partial charge in [-0.25, -0.2) is 0 Å². The molecule has 0 bridgehead atoms. The van der Waals surface area contributed by atoms with Crippen molar-refractivity contribution in [1.82, 2.24) is 4.90 Å². The van der Waals surface area contributed by atoms with Gasteiger partial charge in [-0.3, -0.25) is 0 Å². The molecule has 0 aliphatic heterocycles. The quantitative estimate of drug-likeness (QED) is 0.802. The zero-order valence-electron chi connectivity index (χ0n) is 9.34. The lowest BCUT2D eigenvalue weighted by atomic mass is 9.84. The van der Waals surface area contributed by atoms with Gasteiger partial charge in [-0.2, -0.15) is 0 Å². The average Bonchev–Trinajstić information content (AvgIpc) is 2.02. The fraction of sp³-hybridized carbons (Fsp3) is 0.500. The van der Waals surface area contributed by atoms with Crippen LogP contribution in [0.25, 0.3) is 0 Å². The molecule has 0 saturated heterocycles. The van der Waals surface area contributed by atoms with Crippen LogP contribution >= 0.6 is 15.9 Å². The molecule has 1 aromatic rings. The first kappa shape index (κ1) is 11.7. The maximum Gasteiger partial charge on any atom is 0.0175 e. The molecule has 0 aliphatic rings. The van der Waals surface area contributed by atoms with Crippen molar-refractivity contribution in [2.24, 2.45) is 0 Å². The monoisotopic (exact) mass is 255 g/mol. The molecule has 0 N–H and O–H groups in total. The smallest absolute Gasteiger partial charge is 0.0175 e. The summed E-state index contributed by atoms with van der Waals surface area (Å²) in [5.74, 6) is 0. The van der Waals surface area contributed by atoms with Crippen LogP contribution in [0.5, 0.6) is 0 Å². The Kier molecular flexibility index (Phi) is 3.73. The topological polar surface area (TPSA) is 3.24 Å². The van der Waals surface area contributed by atoms with E-state index in [0.29, 0.717) is 0 Å². The predicted octanol–water partition coefficient (Wildman–Crippen LogP) is 3.29. The Balaban J connectivity index is 2.86. The van der Waals surface area contributed by atoms with Crippen molar-refractivity contribution in [2.75, 3.05) is 20.6 Å². The summed E-state index contributed by atoms with van der Waals surface area (Å²) in [5, 5.41) is 0. The van der Waals surface area contributed by atoms with E-state index in [0.717, 1.165) is 11.0 Å². The van der Waals surface area contributed by atoms with Crippen molar-refractivity contribution in [2.45, 2.75) is 19.3 Å². The van der Waals surface area contributed by atoms with Gasteiger partial charge < -0.3 is 4.90 Å². The van der Waals surface area contributed by atoms with E-state index in [4.69, 9.17) is 0 Å². The van der Waals surface area contributed by atoms with Crippen molar-refractivity contribution < 1.29 is 0 Å². The van der Waals surface area contributed by atoms with Crippen LogP contribution in [0.15, 0.2) is 28.7 Å². The average molecular weight is 256 g/mol. The van der Waals surface area contributed by atoms with Gasteiger partial charge in [0, 0.05) is 16.4 Å². The molecule has 1 aromatic carbocycles. The molecule has 2 heteroatoms. The number of likely N-dealkylation sites (N-methyl/N-ethyl adjacent to an activating group) is 1. The molecular weight excluding hydrogens is 238 g/mol. The van der Waals surface area contributed by atoms with Crippen molar-refractivity contribution in [1.29, 1.82) is 0 Å². The summed E-state index contributed by atoms with van der Waals surface area (Å²) in [6.07, 6.45) is 0. The molecule has 1 rings (SSSR count). The van der Waals surface area contributed by atoms with Gasteiger partial charge >= 0.3 is 0 Å². The molecule has 0 aromatic heterocycles. The summed E-state index contributed by atoms with van der Waals surface area (Å²) in [7, 11) is 4.22. The summed E-state index contributed by atoms with van der Waals surface area (Å²) in [6, 6.07) is 8.58. The number of halogens is 1. The van der Waals surface area contributed by atoms with Crippen LogP contribution in [0, 0.1) is 0 Å². The highest BCUT2D eigenvalue weighted by molar-refractivity contribution is 9.10. The highest BCUT2D eigenvalue weighted by Crippen LogP contribution is 2.25. The zero-order valence-corrected chi connectivity index (χ0v) is 10.9. The van der Waals surface area contributed by atoms with Crippen LogP contribution in [-0.4, -0.2) is 25.5 Å². The Bertz CT molecular complexity index is 288. The van der Waals surface area contributed by atoms with Crippen molar-refractivity contribution in [3.05, 3.63) is 34.3 Å². The van der Waals surface area contributed by atoms with E-state index >= 15 is 0 Å². The molecule has 0 spiro atoms. The third-order valence-corrected chi connectivity index (χ3v) is 2.87. The zero-order chi connectivity index (χ0) is 10.8. The molecule has 0 saturated carbocycles. The van der Waals surface area contributed by atoms with Gasteiger partial charge in [-0.15, -0.1) is 0 Å². The standard InChI is InChI=1S/C12H18BrN/c1-12(2,9-14(3)4)10-5-7-11(13)8-6-10/h5-8H,9H2,1-4H3. The normalized spacial score (nSPS) is 12.1. The molecule has 1 nitrogen and oxygen atoms in total. The Morgan fingerprint density at radius 2 is 1.64 bits per heavy atom. The molecule has 0 heterocycles. The second-order valence-electron chi connectivity index (χ2n) is 4.63. The first-order chi connectivity index (χ1) is 6.42. The molecule has 0 amide bonds. The van der Waals surface area contributed by atoms with E-state index in [-0.39, 0.29) is 5.41 Å². The van der Waals surface area contributed by atoms with E-state index in [1.54, 1.807) is 0 Å². The lowest BCUT2D eigenvalue weighted by Gasteiger charge is -2.28. The second kappa shape index (κ2) is 4.45. The van der Waals surface area contributed by atoms with Gasteiger partial charge in [-0.05, 0) is 31.8 Å². The Hall–Kier alpha value is -0.340. The first-order valence-electron chi connectivity index (χ1n) is 4.82. The van der Waals surface area contributed by atoms with Crippen molar-refractivity contribution in [3.63, 3.8) is 0 Å². The lowest BCUT2D eigenvalue weighted by Crippen LogP contribution is -2.32. The molecular formula is C12H18BrN. The summed E-state index contributed by atoms with van der Waals surface area (Å²) >= 11 is 3.45. The van der Waals surface area contributed by atoms with Crippen molar-refractivity contribution >= 4 is 15.9 Å². The van der Waals surface area contributed by atoms with E-state index < -0.39 is 0 Å². The highest BCUT2D eigenvalue weighted by atomic mass is 79.9. The van der Waals surface area contributed by atoms with E-state index in [2.05, 4.69) is 73.0 Å². The number of benzene rings is 1. The third kappa shape index (κ3) is 3.10. The first-order valence-corrected chi connectivity index (χ1v) is 5.62. The molecule has 78 valence electrons. The van der Waals surface area contributed by atoms with Crippen molar-refractivity contribution in [3.8, 4) is 0 Å². The summed E-state index contributed by atoms with van der Waals surface area (Å²) in [4.78, 5) is 2.22. The van der Waals surface area contributed by atoms with Gasteiger partial charge in [-0.1, -0.05) is 41.9 Å². The molecule has 0 unspecified atom stereocenters. The number of hydrogen-bond donors (Lipinski definition) is 0. The van der Waals surface area contributed by atoms with Gasteiger partial charge in [0.2, 0.25) is 0 Å². The van der Waals surface area contributed by atoms with Crippen LogP contribution in [0.3, 0.4) is 0 Å². The minimum atomic E-state index is 0.212. The summed E-state index contributed by atoms with van der Waals surface area (Å²) < 4.78 is 1.14. The number of nitrogens with zero attached hydrogens (tertiary/aromatic N) is 1. The predicted molar refractivity (Wildman–Crippen MR) is 65.7 cm³/mol. The Labute approximate surface area is 95.2 Å². The van der Waals surface area contributed by atoms with Crippen LogP contribution in [0.2, 0.25) is 0 Å². The van der Waals surface area contributed by atoms with Crippen LogP contribution in [-0.2, 0) is 5.41 Å². The summed E-state index contributed by atoms with van der Waals surface area (Å²) in [5.41, 5.74) is 1.60. The largest absolute Gasteiger partial charge is 0.309 e. The van der Waals surface area contributed by atoms with E-state index in [9.17, 15) is 0 Å². The highest BCUT2D eigenvalue weighted by Gasteiger charge is 2.20. The molecule has 14 heavy (non-hydrogen) atoms. The molecule has 0 fully saturated rings. The SMILES string of the molecule is CN(C)CC(C)(C)c1ccc(Br)cc1. The minimum Gasteiger partial charge on any atom is -0.309 e. The summed E-state index contributed by atoms with van der Waals surface area (Å²) in [6.45, 7) is 5.61. The van der Waals surface area contributed by atoms with Crippen LogP contribution in [0.1, 0.15) is 19.4 Å². The molecule has 0 radical (unpaired) electrons. The maximum atomic E-state index is 3.45. The fourth-order valence-corrected chi connectivity index (χ4v) is 2.05. The third-order valence-electron chi connectivity index (χ3n) is 2.34. The van der Waals surface area contributed by atoms with E-state index in [1.165, 1.54) is 5.56 Å². The maximum absolute atomic E-state index is 3.45. The molecule has 0 atom stereocenters. The van der Waals surface area contributed by atoms with Crippen LogP contribution in [0.4, 0.5) is 0 Å². The number of rotatable bonds is 3. The van der Waals surface area contributed by atoms with E-state index in [1.807, 2.05) is 0 Å². The van der Waals surface area contributed by atoms with Gasteiger partial charge in [0.15, 0.2) is 0 Å². The van der Waals surface area contributed by atoms with Gasteiger partial charge in [0.1, 0.15) is 0 Å². The molecule has 0 aliphatic carbocycles. The van der Waals surface area contributed by atoms with Gasteiger partial charge in [0.25, 0.3) is 0 Å². The second-order valence-corrected chi connectivity index (χ2v) is 5.54. The number of hydrogen-bond acceptors (Lipinski definition) is 1. The minimum absolute atomic E-state index is 0.212. The Morgan fingerprint density at radius 1 is 1.14 bits per heavy atom. The van der Waals surface area contributed by atoms with Gasteiger partial charge in [0.05, 0.1) is 0 Å². The van der Waals surface area contributed by atoms with Crippen LogP contribution < -0.4 is 0 Å².